The van der Waals surface area contributed by atoms with Crippen LogP contribution in [0.5, 0.6) is 0 Å². The second kappa shape index (κ2) is 11.1. The first-order valence-corrected chi connectivity index (χ1v) is 9.10. The van der Waals surface area contributed by atoms with Crippen molar-refractivity contribution >= 4 is 21.2 Å². The van der Waals surface area contributed by atoms with Gasteiger partial charge in [0.1, 0.15) is 0 Å². The third-order valence-electron chi connectivity index (χ3n) is 3.59. The van der Waals surface area contributed by atoms with Gasteiger partial charge in [0.15, 0.2) is 0 Å². The first kappa shape index (κ1) is 21.5. The number of nitrogens with one attached hydrogen (secondary N) is 2. The quantitative estimate of drug-likeness (QED) is 0.502. The Bertz CT molecular complexity index is 385. The monoisotopic (exact) mass is 348 g/mol. The summed E-state index contributed by atoms with van der Waals surface area (Å²) < 4.78 is 16.7. The van der Waals surface area contributed by atoms with E-state index in [0.29, 0.717) is 0 Å². The van der Waals surface area contributed by atoms with E-state index in [1.807, 2.05) is 18.2 Å². The van der Waals surface area contributed by atoms with Gasteiger partial charge in [-0.3, -0.25) is 10.6 Å². The maximum atomic E-state index is 5.56. The molecule has 0 aromatic heterocycles. The molecule has 0 aliphatic carbocycles. The normalized spacial score (nSPS) is 14.2. The van der Waals surface area contributed by atoms with Crippen LogP contribution in [0.4, 0.5) is 0 Å². The number of hydrogen-bond acceptors (Lipinski definition) is 5. The summed E-state index contributed by atoms with van der Waals surface area (Å²) in [6.45, 7) is 5.00. The molecule has 0 bridgehead atoms. The van der Waals surface area contributed by atoms with Crippen molar-refractivity contribution < 1.29 is 13.3 Å². The highest BCUT2D eigenvalue weighted by Gasteiger charge is 2.46. The van der Waals surface area contributed by atoms with E-state index >= 15 is 0 Å². The predicted octanol–water partition coefficient (Wildman–Crippen LogP) is 2.33. The lowest BCUT2D eigenvalue weighted by Gasteiger charge is -2.34. The Hall–Kier alpha value is -0.473. The fourth-order valence-corrected chi connectivity index (χ4v) is 4.68. The first-order valence-electron chi connectivity index (χ1n) is 7.30. The summed E-state index contributed by atoms with van der Waals surface area (Å²) in [4.78, 5) is 0. The van der Waals surface area contributed by atoms with Gasteiger partial charge in [-0.15, -0.1) is 12.4 Å². The van der Waals surface area contributed by atoms with Crippen LogP contribution in [-0.2, 0) is 19.8 Å². The molecular weight excluding hydrogens is 320 g/mol. The molecular formula is C15H29ClN2O3Si. The largest absolute Gasteiger partial charge is 0.518 e. The van der Waals surface area contributed by atoms with E-state index < -0.39 is 8.80 Å². The molecule has 22 heavy (non-hydrogen) atoms. The van der Waals surface area contributed by atoms with E-state index in [0.717, 1.165) is 13.0 Å². The molecule has 5 nitrogen and oxygen atoms in total. The van der Waals surface area contributed by atoms with Gasteiger partial charge < -0.3 is 13.3 Å². The van der Waals surface area contributed by atoms with Crippen LogP contribution >= 0.6 is 12.4 Å². The molecule has 0 fully saturated rings. The second-order valence-electron chi connectivity index (χ2n) is 4.93. The summed E-state index contributed by atoms with van der Waals surface area (Å²) in [7, 11) is 2.26. The van der Waals surface area contributed by atoms with Crippen molar-refractivity contribution in [3.8, 4) is 0 Å². The van der Waals surface area contributed by atoms with Crippen LogP contribution in [0.15, 0.2) is 30.3 Å². The minimum atomic E-state index is -2.67. The molecule has 2 atom stereocenters. The van der Waals surface area contributed by atoms with Gasteiger partial charge in [0, 0.05) is 27.9 Å². The summed E-state index contributed by atoms with van der Waals surface area (Å²) in [5, 5.41) is 6.96. The standard InChI is InChI=1S/C15H28N2O3Si.ClH/c1-6-15(21(18-3,19-4)20-5)17-13(2)16-12-14-10-8-7-9-11-14;/h7-11,13,15-17H,6,12H2,1-5H3;1H. The summed E-state index contributed by atoms with van der Waals surface area (Å²) in [6, 6.07) is 10.3. The van der Waals surface area contributed by atoms with Gasteiger partial charge in [0.2, 0.25) is 0 Å². The molecule has 2 N–H and O–H groups in total. The second-order valence-corrected chi connectivity index (χ2v) is 8.06. The molecule has 0 aliphatic rings. The average molecular weight is 349 g/mol. The molecule has 7 heteroatoms. The van der Waals surface area contributed by atoms with Crippen molar-refractivity contribution in [1.29, 1.82) is 0 Å². The van der Waals surface area contributed by atoms with Crippen molar-refractivity contribution in [3.05, 3.63) is 35.9 Å². The summed E-state index contributed by atoms with van der Waals surface area (Å²) in [5.41, 5.74) is 1.31. The fraction of sp³-hybridized carbons (Fsp3) is 0.600. The summed E-state index contributed by atoms with van der Waals surface area (Å²) in [6.07, 6.45) is 1.00. The van der Waals surface area contributed by atoms with Crippen molar-refractivity contribution in [2.45, 2.75) is 38.6 Å². The van der Waals surface area contributed by atoms with Gasteiger partial charge in [-0.25, -0.2) is 0 Å². The molecule has 0 heterocycles. The van der Waals surface area contributed by atoms with Gasteiger partial charge in [-0.1, -0.05) is 37.3 Å². The zero-order chi connectivity index (χ0) is 15.7. The molecule has 0 spiro atoms. The smallest absolute Gasteiger partial charge is 0.376 e. The Morgan fingerprint density at radius 1 is 1.05 bits per heavy atom. The molecule has 0 amide bonds. The van der Waals surface area contributed by atoms with E-state index in [-0.39, 0.29) is 24.2 Å². The summed E-state index contributed by atoms with van der Waals surface area (Å²) in [5.74, 6) is 0. The van der Waals surface area contributed by atoms with Crippen LogP contribution in [0.1, 0.15) is 25.8 Å². The minimum Gasteiger partial charge on any atom is -0.376 e. The van der Waals surface area contributed by atoms with Crippen molar-refractivity contribution in [3.63, 3.8) is 0 Å². The van der Waals surface area contributed by atoms with Gasteiger partial charge in [0.05, 0.1) is 11.8 Å². The molecule has 128 valence electrons. The number of rotatable bonds is 10. The third-order valence-corrected chi connectivity index (χ3v) is 6.73. The number of halogens is 1. The summed E-state index contributed by atoms with van der Waals surface area (Å²) >= 11 is 0. The van der Waals surface area contributed by atoms with E-state index in [4.69, 9.17) is 13.3 Å². The first-order chi connectivity index (χ1) is 10.1. The van der Waals surface area contributed by atoms with Crippen LogP contribution in [0, 0.1) is 0 Å². The molecule has 0 aliphatic heterocycles. The van der Waals surface area contributed by atoms with E-state index in [1.165, 1.54) is 5.56 Å². The van der Waals surface area contributed by atoms with Gasteiger partial charge in [-0.2, -0.15) is 0 Å². The molecule has 0 saturated heterocycles. The molecule has 1 aromatic rings. The highest BCUT2D eigenvalue weighted by Crippen LogP contribution is 2.15. The lowest BCUT2D eigenvalue weighted by atomic mass is 10.2. The zero-order valence-corrected chi connectivity index (χ0v) is 15.9. The van der Waals surface area contributed by atoms with Crippen molar-refractivity contribution in [1.82, 2.24) is 10.6 Å². The Morgan fingerprint density at radius 3 is 2.05 bits per heavy atom. The Morgan fingerprint density at radius 2 is 1.59 bits per heavy atom. The Balaban J connectivity index is 0.00000441. The highest BCUT2D eigenvalue weighted by atomic mass is 35.5. The van der Waals surface area contributed by atoms with E-state index in [1.54, 1.807) is 21.3 Å². The number of hydrogen-bond donors (Lipinski definition) is 2. The zero-order valence-electron chi connectivity index (χ0n) is 14.1. The fourth-order valence-electron chi connectivity index (χ4n) is 2.37. The van der Waals surface area contributed by atoms with Gasteiger partial charge >= 0.3 is 8.80 Å². The number of benzene rings is 1. The Kier molecular flexibility index (Phi) is 10.9. The lowest BCUT2D eigenvalue weighted by molar-refractivity contribution is 0.103. The average Bonchev–Trinajstić information content (AvgIpc) is 2.54. The van der Waals surface area contributed by atoms with Crippen molar-refractivity contribution in [2.75, 3.05) is 21.3 Å². The van der Waals surface area contributed by atoms with E-state index in [9.17, 15) is 0 Å². The molecule has 1 aromatic carbocycles. The van der Waals surface area contributed by atoms with E-state index in [2.05, 4.69) is 36.6 Å². The van der Waals surface area contributed by atoms with Crippen LogP contribution in [0.3, 0.4) is 0 Å². The lowest BCUT2D eigenvalue weighted by Crippen LogP contribution is -2.63. The maximum absolute atomic E-state index is 5.56. The molecule has 2 unspecified atom stereocenters. The maximum Gasteiger partial charge on any atom is 0.518 e. The highest BCUT2D eigenvalue weighted by molar-refractivity contribution is 6.62. The minimum absolute atomic E-state index is 0. The molecule has 1 rings (SSSR count). The van der Waals surface area contributed by atoms with Gasteiger partial charge in [0.25, 0.3) is 0 Å². The van der Waals surface area contributed by atoms with Crippen molar-refractivity contribution in [2.24, 2.45) is 0 Å². The molecule has 0 radical (unpaired) electrons. The predicted molar refractivity (Wildman–Crippen MR) is 94.0 cm³/mol. The Labute approximate surface area is 141 Å². The van der Waals surface area contributed by atoms with Crippen LogP contribution in [-0.4, -0.2) is 42.0 Å². The van der Waals surface area contributed by atoms with Gasteiger partial charge in [-0.05, 0) is 18.9 Å². The van der Waals surface area contributed by atoms with Crippen LogP contribution in [0.2, 0.25) is 0 Å². The topological polar surface area (TPSA) is 51.8 Å². The third kappa shape index (κ3) is 5.96. The SMILES string of the molecule is CCC(NC(C)NCc1ccccc1)[Si](OC)(OC)OC.Cl. The van der Waals surface area contributed by atoms with Crippen LogP contribution < -0.4 is 10.6 Å². The van der Waals surface area contributed by atoms with Crippen LogP contribution in [0.25, 0.3) is 0 Å². The molecule has 0 saturated carbocycles.